The first-order valence-electron chi connectivity index (χ1n) is 7.47. The second-order valence-electron chi connectivity index (χ2n) is 5.28. The molecule has 1 aromatic rings. The van der Waals surface area contributed by atoms with Gasteiger partial charge in [-0.3, -0.25) is 4.79 Å². The predicted molar refractivity (Wildman–Crippen MR) is 80.2 cm³/mol. The molecule has 1 aliphatic heterocycles. The largest absolute Gasteiger partial charge is 0.494 e. The molecule has 1 atom stereocenters. The van der Waals surface area contributed by atoms with Crippen LogP contribution in [0.15, 0.2) is 24.3 Å². The molecule has 1 saturated heterocycles. The highest BCUT2D eigenvalue weighted by Crippen LogP contribution is 2.16. The van der Waals surface area contributed by atoms with Crippen molar-refractivity contribution in [2.24, 2.45) is 0 Å². The zero-order valence-corrected chi connectivity index (χ0v) is 12.4. The van der Waals surface area contributed by atoms with Crippen molar-refractivity contribution in [3.63, 3.8) is 0 Å². The van der Waals surface area contributed by atoms with Gasteiger partial charge in [-0.15, -0.1) is 0 Å². The molecule has 0 aliphatic carbocycles. The van der Waals surface area contributed by atoms with Crippen LogP contribution >= 0.6 is 0 Å². The first kappa shape index (κ1) is 14.9. The molecule has 20 heavy (non-hydrogen) atoms. The lowest BCUT2D eigenvalue weighted by molar-refractivity contribution is 0.0655. The number of hydrogen-bond donors (Lipinski definition) is 1. The van der Waals surface area contributed by atoms with Crippen LogP contribution in [-0.4, -0.2) is 43.1 Å². The van der Waals surface area contributed by atoms with Crippen molar-refractivity contribution >= 4 is 5.91 Å². The van der Waals surface area contributed by atoms with E-state index in [-0.39, 0.29) is 11.9 Å². The van der Waals surface area contributed by atoms with Gasteiger partial charge in [0.1, 0.15) is 5.75 Å². The van der Waals surface area contributed by atoms with Crippen molar-refractivity contribution in [2.45, 2.75) is 32.7 Å². The average molecular weight is 276 g/mol. The summed E-state index contributed by atoms with van der Waals surface area (Å²) in [7, 11) is 0. The Balaban J connectivity index is 1.96. The molecular weight excluding hydrogens is 252 g/mol. The number of rotatable bonds is 5. The monoisotopic (exact) mass is 276 g/mol. The van der Waals surface area contributed by atoms with Crippen LogP contribution in [0.1, 0.15) is 37.0 Å². The topological polar surface area (TPSA) is 41.6 Å². The van der Waals surface area contributed by atoms with E-state index < -0.39 is 0 Å². The van der Waals surface area contributed by atoms with Gasteiger partial charge in [-0.1, -0.05) is 13.3 Å². The molecule has 1 fully saturated rings. The van der Waals surface area contributed by atoms with Crippen LogP contribution in [0.4, 0.5) is 0 Å². The average Bonchev–Trinajstić information content (AvgIpc) is 2.48. The van der Waals surface area contributed by atoms with Crippen LogP contribution in [0.25, 0.3) is 0 Å². The first-order chi connectivity index (χ1) is 9.72. The summed E-state index contributed by atoms with van der Waals surface area (Å²) >= 11 is 0. The number of benzene rings is 1. The number of amides is 1. The lowest BCUT2D eigenvalue weighted by Gasteiger charge is -2.34. The van der Waals surface area contributed by atoms with Crippen molar-refractivity contribution in [1.29, 1.82) is 0 Å². The number of nitrogens with zero attached hydrogens (tertiary/aromatic N) is 1. The molecule has 1 heterocycles. The maximum atomic E-state index is 12.4. The fourth-order valence-electron chi connectivity index (χ4n) is 2.34. The Morgan fingerprint density at radius 3 is 2.80 bits per heavy atom. The molecule has 0 spiro atoms. The summed E-state index contributed by atoms with van der Waals surface area (Å²) in [6.45, 7) is 7.46. The molecule has 4 nitrogen and oxygen atoms in total. The highest BCUT2D eigenvalue weighted by Gasteiger charge is 2.23. The number of carbonyl (C=O) groups is 1. The summed E-state index contributed by atoms with van der Waals surface area (Å²) in [4.78, 5) is 14.4. The summed E-state index contributed by atoms with van der Waals surface area (Å²) in [5, 5.41) is 3.29. The summed E-state index contributed by atoms with van der Waals surface area (Å²) in [5.74, 6) is 0.947. The van der Waals surface area contributed by atoms with E-state index in [4.69, 9.17) is 4.74 Å². The third-order valence-corrected chi connectivity index (χ3v) is 3.63. The Labute approximate surface area is 121 Å². The zero-order chi connectivity index (χ0) is 14.4. The molecule has 0 bridgehead atoms. The highest BCUT2D eigenvalue weighted by molar-refractivity contribution is 5.94. The number of ether oxygens (including phenoxy) is 1. The van der Waals surface area contributed by atoms with Gasteiger partial charge in [-0.2, -0.15) is 0 Å². The number of carbonyl (C=O) groups excluding carboxylic acids is 1. The van der Waals surface area contributed by atoms with Crippen molar-refractivity contribution in [1.82, 2.24) is 10.2 Å². The Morgan fingerprint density at radius 1 is 1.40 bits per heavy atom. The Kier molecular flexibility index (Phi) is 5.41. The summed E-state index contributed by atoms with van der Waals surface area (Å²) in [5.41, 5.74) is 0.738. The molecule has 0 radical (unpaired) electrons. The Hall–Kier alpha value is -1.55. The van der Waals surface area contributed by atoms with Gasteiger partial charge in [0.15, 0.2) is 0 Å². The molecule has 1 N–H and O–H groups in total. The predicted octanol–water partition coefficient (Wildman–Crippen LogP) is 2.30. The third kappa shape index (κ3) is 3.73. The summed E-state index contributed by atoms with van der Waals surface area (Å²) in [6.07, 6.45) is 2.18. The fourth-order valence-corrected chi connectivity index (χ4v) is 2.34. The minimum atomic E-state index is 0.110. The van der Waals surface area contributed by atoms with E-state index in [0.717, 1.165) is 50.4 Å². The smallest absolute Gasteiger partial charge is 0.254 e. The first-order valence-corrected chi connectivity index (χ1v) is 7.47. The van der Waals surface area contributed by atoms with Crippen LogP contribution in [0.5, 0.6) is 5.75 Å². The third-order valence-electron chi connectivity index (χ3n) is 3.63. The lowest BCUT2D eigenvalue weighted by atomic mass is 10.1. The van der Waals surface area contributed by atoms with Crippen LogP contribution < -0.4 is 10.1 Å². The van der Waals surface area contributed by atoms with Gasteiger partial charge in [0.05, 0.1) is 6.61 Å². The molecule has 0 aromatic heterocycles. The molecule has 1 amide bonds. The van der Waals surface area contributed by atoms with Crippen LogP contribution in [0.3, 0.4) is 0 Å². The van der Waals surface area contributed by atoms with Gasteiger partial charge in [0, 0.05) is 31.2 Å². The summed E-state index contributed by atoms with van der Waals surface area (Å²) in [6, 6.07) is 7.74. The van der Waals surface area contributed by atoms with Gasteiger partial charge in [-0.05, 0) is 37.6 Å². The van der Waals surface area contributed by atoms with Crippen LogP contribution in [0, 0.1) is 0 Å². The van der Waals surface area contributed by atoms with E-state index >= 15 is 0 Å². The Morgan fingerprint density at radius 2 is 2.15 bits per heavy atom. The maximum absolute atomic E-state index is 12.4. The standard InChI is InChI=1S/C16H24N2O2/c1-3-4-11-20-15-7-5-14(6-8-15)16(19)18-10-9-17-12-13(18)2/h5-8,13,17H,3-4,9-12H2,1-2H3/t13-/m1/s1. The fraction of sp³-hybridized carbons (Fsp3) is 0.562. The van der Waals surface area contributed by atoms with Gasteiger partial charge in [0.25, 0.3) is 5.91 Å². The lowest BCUT2D eigenvalue weighted by Crippen LogP contribution is -2.52. The normalized spacial score (nSPS) is 18.9. The quantitative estimate of drug-likeness (QED) is 0.839. The SMILES string of the molecule is CCCCOc1ccc(C(=O)N2CCNC[C@H]2C)cc1. The molecule has 2 rings (SSSR count). The van der Waals surface area contributed by atoms with Gasteiger partial charge in [0.2, 0.25) is 0 Å². The number of hydrogen-bond acceptors (Lipinski definition) is 3. The maximum Gasteiger partial charge on any atom is 0.254 e. The van der Waals surface area contributed by atoms with Crippen molar-refractivity contribution in [3.05, 3.63) is 29.8 Å². The number of nitrogens with one attached hydrogen (secondary N) is 1. The molecule has 4 heteroatoms. The van der Waals surface area contributed by atoms with Gasteiger partial charge < -0.3 is 15.0 Å². The van der Waals surface area contributed by atoms with E-state index in [2.05, 4.69) is 19.2 Å². The van der Waals surface area contributed by atoms with Crippen molar-refractivity contribution in [2.75, 3.05) is 26.2 Å². The minimum absolute atomic E-state index is 0.110. The molecular formula is C16H24N2O2. The second kappa shape index (κ2) is 7.29. The Bertz CT molecular complexity index is 431. The highest BCUT2D eigenvalue weighted by atomic mass is 16.5. The summed E-state index contributed by atoms with van der Waals surface area (Å²) < 4.78 is 5.61. The van der Waals surface area contributed by atoms with Crippen molar-refractivity contribution < 1.29 is 9.53 Å². The van der Waals surface area contributed by atoms with E-state index in [9.17, 15) is 4.79 Å². The number of piperazine rings is 1. The van der Waals surface area contributed by atoms with E-state index in [1.54, 1.807) is 0 Å². The van der Waals surface area contributed by atoms with E-state index in [1.165, 1.54) is 0 Å². The van der Waals surface area contributed by atoms with Crippen molar-refractivity contribution in [3.8, 4) is 5.75 Å². The van der Waals surface area contributed by atoms with Gasteiger partial charge in [-0.25, -0.2) is 0 Å². The molecule has 0 saturated carbocycles. The second-order valence-corrected chi connectivity index (χ2v) is 5.28. The molecule has 1 aromatic carbocycles. The van der Waals surface area contributed by atoms with E-state index in [1.807, 2.05) is 29.2 Å². The molecule has 110 valence electrons. The minimum Gasteiger partial charge on any atom is -0.494 e. The molecule has 1 aliphatic rings. The zero-order valence-electron chi connectivity index (χ0n) is 12.4. The van der Waals surface area contributed by atoms with Crippen LogP contribution in [-0.2, 0) is 0 Å². The van der Waals surface area contributed by atoms with Crippen LogP contribution in [0.2, 0.25) is 0 Å². The van der Waals surface area contributed by atoms with Gasteiger partial charge >= 0.3 is 0 Å². The number of unbranched alkanes of at least 4 members (excludes halogenated alkanes) is 1. The molecule has 0 unspecified atom stereocenters. The van der Waals surface area contributed by atoms with E-state index in [0.29, 0.717) is 0 Å².